The van der Waals surface area contributed by atoms with E-state index in [9.17, 15) is 37.7 Å². The van der Waals surface area contributed by atoms with Crippen molar-refractivity contribution in [1.29, 1.82) is 0 Å². The summed E-state index contributed by atoms with van der Waals surface area (Å²) in [6, 6.07) is 23.4. The highest BCUT2D eigenvalue weighted by atomic mass is 32.1. The molecule has 4 aromatic heterocycles. The van der Waals surface area contributed by atoms with Crippen molar-refractivity contribution in [2.75, 3.05) is 0 Å². The van der Waals surface area contributed by atoms with Crippen molar-refractivity contribution in [3.05, 3.63) is 147 Å². The summed E-state index contributed by atoms with van der Waals surface area (Å²) in [6.07, 6.45) is 12.2. The summed E-state index contributed by atoms with van der Waals surface area (Å²) in [5.74, 6) is -0.0917. The molecule has 8 aromatic rings. The third-order valence-corrected chi connectivity index (χ3v) is 17.2. The van der Waals surface area contributed by atoms with Gasteiger partial charge in [0.2, 0.25) is 0 Å². The van der Waals surface area contributed by atoms with Crippen molar-refractivity contribution in [3.63, 3.8) is 0 Å². The summed E-state index contributed by atoms with van der Waals surface area (Å²) < 4.78 is 79.2. The zero-order valence-corrected chi connectivity index (χ0v) is 43.1. The van der Waals surface area contributed by atoms with Crippen molar-refractivity contribution in [2.24, 2.45) is 0 Å². The molecule has 4 heterocycles. The molecule has 4 aliphatic rings. The quantitative estimate of drug-likeness (QED) is 0.0581. The van der Waals surface area contributed by atoms with E-state index in [1.54, 1.807) is 70.2 Å². The average Bonchev–Trinajstić information content (AvgIpc) is 4.33. The molecule has 0 radical (unpaired) electrons. The Kier molecular flexibility index (Phi) is 14.9. The maximum absolute atomic E-state index is 13.0. The van der Waals surface area contributed by atoms with Crippen LogP contribution in [0.3, 0.4) is 0 Å². The predicted molar refractivity (Wildman–Crippen MR) is 279 cm³/mol. The zero-order chi connectivity index (χ0) is 53.4. The van der Waals surface area contributed by atoms with Gasteiger partial charge >= 0.3 is 19.2 Å². The van der Waals surface area contributed by atoms with E-state index in [4.69, 9.17) is 25.5 Å². The Morgan fingerprint density at radius 2 is 1.09 bits per heavy atom. The number of carboxylic acids is 1. The standard InChI is InChI=1S/C28H26F2N4O3S.C28H27F2N3O5S/c1-31-18-8-9-21-25(14-18)38-26(33-21)28(35)12-10-19(11-13-28)36-16-23-20(17-6-7-17)15-32-34(23)22-4-2-3-5-24(22)37-27(29)30;29-27(30)38-23-4-2-1-3-21(23)33-22(19(14-31-33)16-5-6-16)15-37-18-9-11-28(36,12-10-18)26-32-20-8-7-17(25(34)35)13-24(20)39-26/h2-5,8-9,14-15,17,19,27,35H,6-7,10-13,16H2;1-4,7-8,13-14,16,18,27,36H,5-6,9-12,15H2,(H,34,35). The van der Waals surface area contributed by atoms with E-state index < -0.39 is 30.4 Å². The number of halogens is 4. The molecule has 400 valence electrons. The Bertz CT molecular complexity index is 3460. The van der Waals surface area contributed by atoms with Crippen LogP contribution in [0, 0.1) is 6.57 Å². The number of carboxylic acid groups (broad SMARTS) is 1. The maximum Gasteiger partial charge on any atom is 0.387 e. The summed E-state index contributed by atoms with van der Waals surface area (Å²) in [5.41, 5.74) is 4.79. The van der Waals surface area contributed by atoms with E-state index in [1.165, 1.54) is 40.9 Å². The van der Waals surface area contributed by atoms with Gasteiger partial charge in [0.15, 0.2) is 17.2 Å². The van der Waals surface area contributed by atoms with Crippen LogP contribution in [0.2, 0.25) is 0 Å². The number of aromatic carboxylic acids is 1. The lowest BCUT2D eigenvalue weighted by Gasteiger charge is -2.34. The highest BCUT2D eigenvalue weighted by molar-refractivity contribution is 7.19. The van der Waals surface area contributed by atoms with Crippen LogP contribution in [0.5, 0.6) is 11.5 Å². The van der Waals surface area contributed by atoms with Gasteiger partial charge in [-0.15, -0.1) is 22.7 Å². The molecule has 21 heteroatoms. The number of alkyl halides is 4. The normalized spacial score (nSPS) is 21.5. The lowest BCUT2D eigenvalue weighted by atomic mass is 9.83. The number of fused-ring (bicyclic) bond motifs is 2. The molecule has 4 aromatic carbocycles. The summed E-state index contributed by atoms with van der Waals surface area (Å²) >= 11 is 2.76. The average molecular weight is 1090 g/mol. The molecular formula is C56H53F4N7O8S2. The number of carbonyl (C=O) groups is 1. The fourth-order valence-corrected chi connectivity index (χ4v) is 12.6. The van der Waals surface area contributed by atoms with E-state index in [-0.39, 0.29) is 35.9 Å². The van der Waals surface area contributed by atoms with E-state index in [1.807, 2.05) is 18.3 Å². The molecule has 0 saturated heterocycles. The Morgan fingerprint density at radius 3 is 1.52 bits per heavy atom. The Hall–Kier alpha value is -6.80. The SMILES string of the molecule is O=C(O)c1ccc2nc(C3(O)CCC(OCc4c(C5CC5)cnn4-c4ccccc4OC(F)F)CC3)sc2c1.[C-]#[N+]c1ccc2nc(C3(O)CCC(OCc4c(C5CC5)cnn4-c4ccccc4OC(F)F)CC3)sc2c1. The summed E-state index contributed by atoms with van der Waals surface area (Å²) in [6.45, 7) is 1.89. The summed E-state index contributed by atoms with van der Waals surface area (Å²) in [4.78, 5) is 24.0. The summed E-state index contributed by atoms with van der Waals surface area (Å²) in [5, 5.41) is 42.4. The van der Waals surface area contributed by atoms with Gasteiger partial charge in [-0.2, -0.15) is 27.8 Å². The fraction of sp³-hybridized carbons (Fsp3) is 0.393. The van der Waals surface area contributed by atoms with Crippen molar-refractivity contribution in [2.45, 2.75) is 139 Å². The molecular weight excluding hydrogens is 1040 g/mol. The van der Waals surface area contributed by atoms with Gasteiger partial charge in [-0.3, -0.25) is 0 Å². The number of para-hydroxylation sites is 4. The van der Waals surface area contributed by atoms with E-state index in [2.05, 4.69) is 25.0 Å². The highest BCUT2D eigenvalue weighted by Crippen LogP contribution is 2.47. The molecule has 0 amide bonds. The molecule has 0 atom stereocenters. The van der Waals surface area contributed by atoms with E-state index in [0.717, 1.165) is 63.1 Å². The smallest absolute Gasteiger partial charge is 0.387 e. The number of hydrogen-bond acceptors (Lipinski definition) is 13. The van der Waals surface area contributed by atoms with Crippen LogP contribution in [0.4, 0.5) is 23.2 Å². The molecule has 0 unspecified atom stereocenters. The van der Waals surface area contributed by atoms with Crippen LogP contribution in [0.15, 0.2) is 97.3 Å². The Balaban J connectivity index is 0.000000164. The van der Waals surface area contributed by atoms with Gasteiger partial charge in [-0.1, -0.05) is 30.3 Å². The molecule has 15 nitrogen and oxygen atoms in total. The second-order valence-corrected chi connectivity index (χ2v) is 22.1. The lowest BCUT2D eigenvalue weighted by molar-refractivity contribution is -0.0649. The Morgan fingerprint density at radius 1 is 0.649 bits per heavy atom. The third kappa shape index (κ3) is 11.5. The van der Waals surface area contributed by atoms with Crippen LogP contribution >= 0.6 is 22.7 Å². The van der Waals surface area contributed by atoms with Crippen LogP contribution in [0.25, 0.3) is 36.7 Å². The van der Waals surface area contributed by atoms with Crippen LogP contribution in [-0.2, 0) is 33.9 Å². The van der Waals surface area contributed by atoms with Gasteiger partial charge in [0.1, 0.15) is 32.6 Å². The fourth-order valence-electron chi connectivity index (χ4n) is 10.3. The van der Waals surface area contributed by atoms with E-state index in [0.29, 0.717) is 102 Å². The summed E-state index contributed by atoms with van der Waals surface area (Å²) in [7, 11) is 0. The highest BCUT2D eigenvalue weighted by Gasteiger charge is 2.40. The second-order valence-electron chi connectivity index (χ2n) is 20.0. The number of hydrogen-bond donors (Lipinski definition) is 3. The number of aliphatic hydroxyl groups is 2. The second kappa shape index (κ2) is 21.9. The number of benzene rings is 4. The molecule has 77 heavy (non-hydrogen) atoms. The molecule has 12 rings (SSSR count). The van der Waals surface area contributed by atoms with E-state index >= 15 is 0 Å². The number of thiazole rings is 2. The number of nitrogens with zero attached hydrogens (tertiary/aromatic N) is 7. The first-order chi connectivity index (χ1) is 37.2. The maximum atomic E-state index is 13.0. The monoisotopic (exact) mass is 1090 g/mol. The van der Waals surface area contributed by atoms with Gasteiger partial charge in [0, 0.05) is 4.70 Å². The van der Waals surface area contributed by atoms with Gasteiger partial charge in [-0.25, -0.2) is 29.0 Å². The zero-order valence-electron chi connectivity index (χ0n) is 41.4. The van der Waals surface area contributed by atoms with Gasteiger partial charge < -0.3 is 34.3 Å². The molecule has 0 aliphatic heterocycles. The molecule has 0 spiro atoms. The molecule has 4 fully saturated rings. The van der Waals surface area contributed by atoms with Crippen molar-refractivity contribution in [3.8, 4) is 22.9 Å². The first-order valence-electron chi connectivity index (χ1n) is 25.6. The van der Waals surface area contributed by atoms with Crippen molar-refractivity contribution in [1.82, 2.24) is 29.5 Å². The van der Waals surface area contributed by atoms with Crippen molar-refractivity contribution >= 4 is 54.8 Å². The Labute approximate surface area is 447 Å². The minimum absolute atomic E-state index is 0.0493. The topological polar surface area (TPSA) is 180 Å². The van der Waals surface area contributed by atoms with Crippen molar-refractivity contribution < 1.29 is 56.6 Å². The van der Waals surface area contributed by atoms with Crippen LogP contribution in [-0.4, -0.2) is 76.2 Å². The largest absolute Gasteiger partial charge is 0.478 e. The first-order valence-corrected chi connectivity index (χ1v) is 27.2. The molecule has 0 bridgehead atoms. The minimum atomic E-state index is -2.94. The molecule has 4 saturated carbocycles. The minimum Gasteiger partial charge on any atom is -0.478 e. The first kappa shape index (κ1) is 52.3. The van der Waals surface area contributed by atoms with Crippen LogP contribution in [0.1, 0.15) is 132 Å². The van der Waals surface area contributed by atoms with Gasteiger partial charge in [-0.05, 0) is 155 Å². The number of aromatic nitrogens is 6. The molecule has 4 aliphatic carbocycles. The molecule has 3 N–H and O–H groups in total. The number of ether oxygens (including phenoxy) is 4. The lowest BCUT2D eigenvalue weighted by Crippen LogP contribution is -2.34. The third-order valence-electron chi connectivity index (χ3n) is 14.8. The number of rotatable bonds is 17. The van der Waals surface area contributed by atoms with Gasteiger partial charge in [0.05, 0.1) is 77.1 Å². The predicted octanol–water partition coefficient (Wildman–Crippen LogP) is 12.9. The van der Waals surface area contributed by atoms with Gasteiger partial charge in [0.25, 0.3) is 0 Å². The van der Waals surface area contributed by atoms with Crippen LogP contribution < -0.4 is 9.47 Å².